The van der Waals surface area contributed by atoms with Crippen molar-refractivity contribution in [3.8, 4) is 0 Å². The first-order valence-electron chi connectivity index (χ1n) is 5.62. The molecule has 0 heterocycles. The number of nitrogens with one attached hydrogen (secondary N) is 1. The summed E-state index contributed by atoms with van der Waals surface area (Å²) in [5, 5.41) is 8.66. The number of hydrogen-bond donors (Lipinski definition) is 2. The minimum atomic E-state index is -4.30. The van der Waals surface area contributed by atoms with Crippen LogP contribution < -0.4 is 4.72 Å². The van der Waals surface area contributed by atoms with E-state index in [1.807, 2.05) is 4.72 Å². The van der Waals surface area contributed by atoms with Crippen LogP contribution in [0.4, 0.5) is 10.1 Å². The first-order chi connectivity index (χ1) is 9.83. The van der Waals surface area contributed by atoms with Gasteiger partial charge in [-0.2, -0.15) is 0 Å². The smallest absolute Gasteiger partial charge is 0.337 e. The van der Waals surface area contributed by atoms with Crippen molar-refractivity contribution in [1.82, 2.24) is 0 Å². The highest BCUT2D eigenvalue weighted by atomic mass is 35.5. The topological polar surface area (TPSA) is 83.5 Å². The first-order valence-corrected chi connectivity index (χ1v) is 7.48. The van der Waals surface area contributed by atoms with Gasteiger partial charge in [0.2, 0.25) is 0 Å². The molecule has 0 spiro atoms. The predicted octanol–water partition coefficient (Wildman–Crippen LogP) is 2.98. The number of benzene rings is 2. The lowest BCUT2D eigenvalue weighted by Crippen LogP contribution is -2.17. The molecule has 2 rings (SSSR count). The van der Waals surface area contributed by atoms with Crippen LogP contribution in [0.5, 0.6) is 0 Å². The van der Waals surface area contributed by atoms with Crippen molar-refractivity contribution in [3.63, 3.8) is 0 Å². The van der Waals surface area contributed by atoms with E-state index >= 15 is 0 Å². The van der Waals surface area contributed by atoms with Gasteiger partial charge in [-0.1, -0.05) is 29.8 Å². The van der Waals surface area contributed by atoms with Gasteiger partial charge < -0.3 is 5.11 Å². The molecule has 0 aliphatic heterocycles. The van der Waals surface area contributed by atoms with Crippen molar-refractivity contribution in [1.29, 1.82) is 0 Å². The molecular weight excluding hydrogens is 321 g/mol. The second kappa shape index (κ2) is 5.71. The van der Waals surface area contributed by atoms with E-state index in [9.17, 15) is 17.6 Å². The van der Waals surface area contributed by atoms with E-state index in [0.29, 0.717) is 0 Å². The minimum absolute atomic E-state index is 0.163. The van der Waals surface area contributed by atoms with Crippen LogP contribution in [0.15, 0.2) is 47.4 Å². The van der Waals surface area contributed by atoms with Gasteiger partial charge in [0.15, 0.2) is 5.82 Å². The van der Waals surface area contributed by atoms with Gasteiger partial charge in [-0.15, -0.1) is 0 Å². The van der Waals surface area contributed by atoms with Gasteiger partial charge in [0.1, 0.15) is 4.90 Å². The summed E-state index contributed by atoms with van der Waals surface area (Å²) in [6.45, 7) is 0. The summed E-state index contributed by atoms with van der Waals surface area (Å²) in [5.41, 5.74) is -0.409. The summed E-state index contributed by atoms with van der Waals surface area (Å²) in [6.07, 6.45) is 0. The number of aromatic carboxylic acids is 1. The molecule has 0 bridgehead atoms. The third-order valence-electron chi connectivity index (χ3n) is 2.61. The highest BCUT2D eigenvalue weighted by molar-refractivity contribution is 7.92. The zero-order valence-electron chi connectivity index (χ0n) is 10.4. The van der Waals surface area contributed by atoms with Gasteiger partial charge in [-0.25, -0.2) is 17.6 Å². The number of anilines is 1. The molecule has 2 N–H and O–H groups in total. The van der Waals surface area contributed by atoms with Crippen molar-refractivity contribution >= 4 is 33.3 Å². The van der Waals surface area contributed by atoms with Crippen molar-refractivity contribution < 1.29 is 22.7 Å². The molecule has 0 amide bonds. The Morgan fingerprint density at radius 2 is 1.81 bits per heavy atom. The normalized spacial score (nSPS) is 11.1. The fourth-order valence-electron chi connectivity index (χ4n) is 1.65. The molecular formula is C13H9ClFNO4S. The fraction of sp³-hybridized carbons (Fsp3) is 0. The standard InChI is InChI=1S/C13H9ClFNO4S/c14-9-5-3-7-11(12(9)15)21(19,20)16-10-6-2-1-4-8(10)13(17)18/h1-7,16H,(H,17,18). The van der Waals surface area contributed by atoms with Crippen molar-refractivity contribution in [2.45, 2.75) is 4.90 Å². The Hall–Kier alpha value is -2.12. The Morgan fingerprint density at radius 3 is 2.48 bits per heavy atom. The average molecular weight is 330 g/mol. The molecule has 8 heteroatoms. The highest BCUT2D eigenvalue weighted by Crippen LogP contribution is 2.25. The minimum Gasteiger partial charge on any atom is -0.478 e. The highest BCUT2D eigenvalue weighted by Gasteiger charge is 2.22. The number of para-hydroxylation sites is 1. The number of sulfonamides is 1. The second-order valence-corrected chi connectivity index (χ2v) is 6.07. The van der Waals surface area contributed by atoms with Crippen LogP contribution in [0.1, 0.15) is 10.4 Å². The van der Waals surface area contributed by atoms with Crippen LogP contribution in [0, 0.1) is 5.82 Å². The summed E-state index contributed by atoms with van der Waals surface area (Å²) in [4.78, 5) is 10.4. The Kier molecular flexibility index (Phi) is 4.15. The lowest BCUT2D eigenvalue weighted by Gasteiger charge is -2.11. The molecule has 21 heavy (non-hydrogen) atoms. The second-order valence-electron chi connectivity index (χ2n) is 4.01. The third kappa shape index (κ3) is 3.14. The van der Waals surface area contributed by atoms with Crippen LogP contribution in [-0.2, 0) is 10.0 Å². The maximum Gasteiger partial charge on any atom is 0.337 e. The maximum absolute atomic E-state index is 13.8. The molecule has 0 radical (unpaired) electrons. The van der Waals surface area contributed by atoms with Crippen LogP contribution in [0.25, 0.3) is 0 Å². The number of carboxylic acids is 1. The third-order valence-corrected chi connectivity index (χ3v) is 4.28. The zero-order chi connectivity index (χ0) is 15.6. The molecule has 2 aromatic rings. The molecule has 0 atom stereocenters. The van der Waals surface area contributed by atoms with E-state index in [2.05, 4.69) is 0 Å². The summed E-state index contributed by atoms with van der Waals surface area (Å²) in [7, 11) is -4.30. The van der Waals surface area contributed by atoms with Crippen LogP contribution >= 0.6 is 11.6 Å². The van der Waals surface area contributed by atoms with E-state index in [4.69, 9.17) is 16.7 Å². The molecule has 0 saturated heterocycles. The number of halogens is 2. The van der Waals surface area contributed by atoms with Gasteiger partial charge >= 0.3 is 5.97 Å². The first kappa shape index (κ1) is 15.3. The molecule has 0 saturated carbocycles. The summed E-state index contributed by atoms with van der Waals surface area (Å²) >= 11 is 5.54. The molecule has 0 aliphatic carbocycles. The molecule has 0 aliphatic rings. The summed E-state index contributed by atoms with van der Waals surface area (Å²) in [6, 6.07) is 8.93. The molecule has 2 aromatic carbocycles. The van der Waals surface area contributed by atoms with Crippen LogP contribution in [0.2, 0.25) is 5.02 Å². The number of hydrogen-bond acceptors (Lipinski definition) is 3. The van der Waals surface area contributed by atoms with Crippen molar-refractivity contribution in [2.24, 2.45) is 0 Å². The van der Waals surface area contributed by atoms with Gasteiger partial charge in [-0.05, 0) is 24.3 Å². The number of carboxylic acid groups (broad SMARTS) is 1. The van der Waals surface area contributed by atoms with Gasteiger partial charge in [0, 0.05) is 0 Å². The molecule has 0 aromatic heterocycles. The van der Waals surface area contributed by atoms with E-state index in [1.165, 1.54) is 36.4 Å². The Bertz CT molecular complexity index is 808. The molecule has 110 valence electrons. The molecule has 0 unspecified atom stereocenters. The lowest BCUT2D eigenvalue weighted by atomic mass is 10.2. The van der Waals surface area contributed by atoms with Gasteiger partial charge in [-0.3, -0.25) is 4.72 Å². The monoisotopic (exact) mass is 329 g/mol. The van der Waals surface area contributed by atoms with Gasteiger partial charge in [0.25, 0.3) is 10.0 Å². The fourth-order valence-corrected chi connectivity index (χ4v) is 3.06. The summed E-state index contributed by atoms with van der Waals surface area (Å²) < 4.78 is 40.1. The van der Waals surface area contributed by atoms with E-state index in [0.717, 1.165) is 6.07 Å². The van der Waals surface area contributed by atoms with Crippen LogP contribution in [0.3, 0.4) is 0 Å². The quantitative estimate of drug-likeness (QED) is 0.903. The Balaban J connectivity index is 2.48. The van der Waals surface area contributed by atoms with Gasteiger partial charge in [0.05, 0.1) is 16.3 Å². The molecule has 5 nitrogen and oxygen atoms in total. The number of rotatable bonds is 4. The van der Waals surface area contributed by atoms with E-state index < -0.39 is 26.7 Å². The van der Waals surface area contributed by atoms with Crippen molar-refractivity contribution in [2.75, 3.05) is 4.72 Å². The Labute approximate surface area is 125 Å². The van der Waals surface area contributed by atoms with Crippen LogP contribution in [-0.4, -0.2) is 19.5 Å². The SMILES string of the molecule is O=C(O)c1ccccc1NS(=O)(=O)c1cccc(Cl)c1F. The largest absolute Gasteiger partial charge is 0.478 e. The lowest BCUT2D eigenvalue weighted by molar-refractivity contribution is 0.0698. The van der Waals surface area contributed by atoms with E-state index in [1.54, 1.807) is 0 Å². The molecule has 0 fully saturated rings. The number of carbonyl (C=O) groups is 1. The predicted molar refractivity (Wildman–Crippen MR) is 75.6 cm³/mol. The Morgan fingerprint density at radius 1 is 1.14 bits per heavy atom. The van der Waals surface area contributed by atoms with E-state index in [-0.39, 0.29) is 16.3 Å². The van der Waals surface area contributed by atoms with Crippen molar-refractivity contribution in [3.05, 3.63) is 58.9 Å². The zero-order valence-corrected chi connectivity index (χ0v) is 12.0. The average Bonchev–Trinajstić information content (AvgIpc) is 2.41. The summed E-state index contributed by atoms with van der Waals surface area (Å²) in [5.74, 6) is -2.40. The maximum atomic E-state index is 13.8.